The third-order valence-corrected chi connectivity index (χ3v) is 3.07. The Labute approximate surface area is 102 Å². The molecule has 1 aromatic carbocycles. The van der Waals surface area contributed by atoms with E-state index in [1.165, 1.54) is 5.56 Å². The van der Waals surface area contributed by atoms with Crippen LogP contribution in [0.25, 0.3) is 0 Å². The van der Waals surface area contributed by atoms with Gasteiger partial charge >= 0.3 is 0 Å². The maximum atomic E-state index is 10.3. The minimum absolute atomic E-state index is 0.594. The highest BCUT2D eigenvalue weighted by Gasteiger charge is 2.14. The Balaban J connectivity index is 2.27. The van der Waals surface area contributed by atoms with Crippen LogP contribution in [0.3, 0.4) is 0 Å². The van der Waals surface area contributed by atoms with Crippen molar-refractivity contribution in [2.45, 2.75) is 32.9 Å². The van der Waals surface area contributed by atoms with E-state index in [2.05, 4.69) is 24.0 Å². The van der Waals surface area contributed by atoms with Gasteiger partial charge in [-0.25, -0.2) is 4.98 Å². The van der Waals surface area contributed by atoms with Gasteiger partial charge in [0.15, 0.2) is 0 Å². The van der Waals surface area contributed by atoms with Crippen molar-refractivity contribution in [3.05, 3.63) is 53.6 Å². The fourth-order valence-corrected chi connectivity index (χ4v) is 1.93. The van der Waals surface area contributed by atoms with Gasteiger partial charge in [0.05, 0.1) is 18.2 Å². The van der Waals surface area contributed by atoms with Gasteiger partial charge < -0.3 is 9.67 Å². The summed E-state index contributed by atoms with van der Waals surface area (Å²) in [5.74, 6) is 0. The monoisotopic (exact) mass is 230 g/mol. The first-order chi connectivity index (χ1) is 8.26. The molecule has 1 unspecified atom stereocenters. The first-order valence-corrected chi connectivity index (χ1v) is 6.03. The predicted octanol–water partition coefficient (Wildman–Crippen LogP) is 2.55. The molecule has 0 saturated carbocycles. The number of hydrogen-bond acceptors (Lipinski definition) is 2. The lowest BCUT2D eigenvalue weighted by molar-refractivity contribution is 0.210. The summed E-state index contributed by atoms with van der Waals surface area (Å²) in [5, 5.41) is 10.3. The summed E-state index contributed by atoms with van der Waals surface area (Å²) in [5.41, 5.74) is 3.04. The minimum Gasteiger partial charge on any atom is -0.382 e. The molecule has 0 aliphatic heterocycles. The van der Waals surface area contributed by atoms with Crippen LogP contribution in [0.2, 0.25) is 0 Å². The summed E-state index contributed by atoms with van der Waals surface area (Å²) >= 11 is 0. The summed E-state index contributed by atoms with van der Waals surface area (Å²) in [6, 6.07) is 8.09. The number of rotatable bonds is 4. The highest BCUT2D eigenvalue weighted by molar-refractivity contribution is 5.28. The van der Waals surface area contributed by atoms with Crippen LogP contribution in [0.4, 0.5) is 0 Å². The molecule has 1 heterocycles. The molecule has 0 saturated heterocycles. The van der Waals surface area contributed by atoms with Gasteiger partial charge in [-0.05, 0) is 24.5 Å². The molecule has 0 spiro atoms. The van der Waals surface area contributed by atoms with Gasteiger partial charge in [-0.2, -0.15) is 0 Å². The van der Waals surface area contributed by atoms with Crippen molar-refractivity contribution >= 4 is 0 Å². The fraction of sp³-hybridized carbons (Fsp3) is 0.357. The molecule has 0 fully saturated rings. The van der Waals surface area contributed by atoms with Gasteiger partial charge in [0.1, 0.15) is 6.10 Å². The SMILES string of the molecule is CCc1ccc(C(O)c2cncn2CC)cc1. The molecule has 1 aromatic heterocycles. The Morgan fingerprint density at radius 1 is 1.24 bits per heavy atom. The van der Waals surface area contributed by atoms with E-state index in [0.29, 0.717) is 0 Å². The lowest BCUT2D eigenvalue weighted by Gasteiger charge is -2.13. The molecular weight excluding hydrogens is 212 g/mol. The van der Waals surface area contributed by atoms with Crippen LogP contribution in [0.15, 0.2) is 36.8 Å². The molecule has 0 amide bonds. The molecule has 3 heteroatoms. The van der Waals surface area contributed by atoms with Crippen LogP contribution in [-0.4, -0.2) is 14.7 Å². The van der Waals surface area contributed by atoms with E-state index < -0.39 is 6.10 Å². The van der Waals surface area contributed by atoms with Crippen molar-refractivity contribution in [3.8, 4) is 0 Å². The van der Waals surface area contributed by atoms with E-state index in [-0.39, 0.29) is 0 Å². The van der Waals surface area contributed by atoms with Gasteiger partial charge in [-0.3, -0.25) is 0 Å². The summed E-state index contributed by atoms with van der Waals surface area (Å²) in [7, 11) is 0. The van der Waals surface area contributed by atoms with Crippen molar-refractivity contribution in [1.29, 1.82) is 0 Å². The average molecular weight is 230 g/mol. The first kappa shape index (κ1) is 11.9. The van der Waals surface area contributed by atoms with Crippen molar-refractivity contribution in [2.24, 2.45) is 0 Å². The highest BCUT2D eigenvalue weighted by Crippen LogP contribution is 2.22. The quantitative estimate of drug-likeness (QED) is 0.876. The minimum atomic E-state index is -0.594. The molecule has 90 valence electrons. The van der Waals surface area contributed by atoms with Gasteiger partial charge in [-0.15, -0.1) is 0 Å². The summed E-state index contributed by atoms with van der Waals surface area (Å²) in [6.45, 7) is 4.98. The summed E-state index contributed by atoms with van der Waals surface area (Å²) in [6.07, 6.45) is 3.90. The zero-order valence-electron chi connectivity index (χ0n) is 10.3. The Morgan fingerprint density at radius 2 is 1.94 bits per heavy atom. The lowest BCUT2D eigenvalue weighted by atomic mass is 10.0. The first-order valence-electron chi connectivity index (χ1n) is 6.03. The number of benzene rings is 1. The second-order valence-electron chi connectivity index (χ2n) is 4.10. The second kappa shape index (κ2) is 5.15. The molecule has 17 heavy (non-hydrogen) atoms. The Hall–Kier alpha value is -1.61. The third kappa shape index (κ3) is 2.39. The molecule has 3 nitrogen and oxygen atoms in total. The second-order valence-corrected chi connectivity index (χ2v) is 4.10. The molecule has 0 bridgehead atoms. The van der Waals surface area contributed by atoms with Crippen LogP contribution >= 0.6 is 0 Å². The highest BCUT2D eigenvalue weighted by atomic mass is 16.3. The number of aliphatic hydroxyl groups excluding tert-OH is 1. The molecule has 0 aliphatic carbocycles. The van der Waals surface area contributed by atoms with Crippen LogP contribution < -0.4 is 0 Å². The van der Waals surface area contributed by atoms with E-state index >= 15 is 0 Å². The van der Waals surface area contributed by atoms with E-state index in [9.17, 15) is 5.11 Å². The van der Waals surface area contributed by atoms with E-state index in [1.54, 1.807) is 12.5 Å². The number of nitrogens with zero attached hydrogens (tertiary/aromatic N) is 2. The average Bonchev–Trinajstić information content (AvgIpc) is 2.86. The molecule has 2 rings (SSSR count). The molecule has 0 aliphatic rings. The number of hydrogen-bond donors (Lipinski definition) is 1. The Kier molecular flexibility index (Phi) is 3.59. The summed E-state index contributed by atoms with van der Waals surface area (Å²) in [4.78, 5) is 4.08. The molecule has 1 N–H and O–H groups in total. The van der Waals surface area contributed by atoms with E-state index in [1.807, 2.05) is 23.6 Å². The maximum absolute atomic E-state index is 10.3. The van der Waals surface area contributed by atoms with E-state index in [4.69, 9.17) is 0 Å². The standard InChI is InChI=1S/C14H18N2O/c1-3-11-5-7-12(8-6-11)14(17)13-9-15-10-16(13)4-2/h5-10,14,17H,3-4H2,1-2H3. The fourth-order valence-electron chi connectivity index (χ4n) is 1.93. The topological polar surface area (TPSA) is 38.1 Å². The third-order valence-electron chi connectivity index (χ3n) is 3.07. The molecule has 2 aromatic rings. The van der Waals surface area contributed by atoms with Gasteiger partial charge in [-0.1, -0.05) is 31.2 Å². The van der Waals surface area contributed by atoms with Gasteiger partial charge in [0.25, 0.3) is 0 Å². The van der Waals surface area contributed by atoms with Gasteiger partial charge in [0, 0.05) is 6.54 Å². The number of aromatic nitrogens is 2. The number of aliphatic hydroxyl groups is 1. The maximum Gasteiger partial charge on any atom is 0.121 e. The van der Waals surface area contributed by atoms with Crippen LogP contribution in [0, 0.1) is 0 Å². The number of aryl methyl sites for hydroxylation is 2. The van der Waals surface area contributed by atoms with Crippen molar-refractivity contribution < 1.29 is 5.11 Å². The Morgan fingerprint density at radius 3 is 2.53 bits per heavy atom. The zero-order chi connectivity index (χ0) is 12.3. The molecule has 1 atom stereocenters. The van der Waals surface area contributed by atoms with Crippen LogP contribution in [0.1, 0.15) is 36.8 Å². The van der Waals surface area contributed by atoms with Crippen molar-refractivity contribution in [1.82, 2.24) is 9.55 Å². The van der Waals surface area contributed by atoms with Crippen LogP contribution in [0.5, 0.6) is 0 Å². The summed E-state index contributed by atoms with van der Waals surface area (Å²) < 4.78 is 1.96. The zero-order valence-corrected chi connectivity index (χ0v) is 10.3. The largest absolute Gasteiger partial charge is 0.382 e. The smallest absolute Gasteiger partial charge is 0.121 e. The normalized spacial score (nSPS) is 12.6. The van der Waals surface area contributed by atoms with Crippen LogP contribution in [-0.2, 0) is 13.0 Å². The van der Waals surface area contributed by atoms with E-state index in [0.717, 1.165) is 24.2 Å². The molecular formula is C14H18N2O. The predicted molar refractivity (Wildman–Crippen MR) is 67.8 cm³/mol. The number of imidazole rings is 1. The molecule has 0 radical (unpaired) electrons. The van der Waals surface area contributed by atoms with Crippen molar-refractivity contribution in [2.75, 3.05) is 0 Å². The Bertz CT molecular complexity index is 473. The van der Waals surface area contributed by atoms with Crippen molar-refractivity contribution in [3.63, 3.8) is 0 Å². The van der Waals surface area contributed by atoms with Gasteiger partial charge in [0.2, 0.25) is 0 Å². The lowest BCUT2D eigenvalue weighted by Crippen LogP contribution is -2.07.